The lowest BCUT2D eigenvalue weighted by Crippen LogP contribution is -2.30. The highest BCUT2D eigenvalue weighted by Crippen LogP contribution is 2.36. The number of nitrogens with one attached hydrogen (secondary N) is 1. The van der Waals surface area contributed by atoms with Gasteiger partial charge in [-0.1, -0.05) is 6.07 Å². The quantitative estimate of drug-likeness (QED) is 0.775. The van der Waals surface area contributed by atoms with Gasteiger partial charge in [-0.2, -0.15) is 0 Å². The molecule has 7 nitrogen and oxygen atoms in total. The van der Waals surface area contributed by atoms with Crippen molar-refractivity contribution in [1.82, 2.24) is 14.5 Å². The molecule has 0 amide bonds. The van der Waals surface area contributed by atoms with Crippen LogP contribution in [0.25, 0.3) is 22.2 Å². The van der Waals surface area contributed by atoms with Crippen LogP contribution in [0.1, 0.15) is 6.92 Å². The van der Waals surface area contributed by atoms with Gasteiger partial charge in [0.25, 0.3) is 5.56 Å². The topological polar surface area (TPSA) is 86.2 Å². The van der Waals surface area contributed by atoms with Gasteiger partial charge in [-0.3, -0.25) is 14.3 Å². The fraction of sp³-hybridized carbons (Fsp3) is 0.188. The maximum Gasteiger partial charge on any atom is 0.329 e. The molecule has 0 aliphatic carbocycles. The molecule has 4 rings (SSSR count). The van der Waals surface area contributed by atoms with Crippen molar-refractivity contribution in [3.63, 3.8) is 0 Å². The van der Waals surface area contributed by atoms with Crippen molar-refractivity contribution >= 4 is 11.0 Å². The van der Waals surface area contributed by atoms with E-state index in [0.717, 1.165) is 5.56 Å². The van der Waals surface area contributed by atoms with Gasteiger partial charge in [0, 0.05) is 12.7 Å². The second-order valence-corrected chi connectivity index (χ2v) is 5.13. The van der Waals surface area contributed by atoms with Crippen LogP contribution in [0.5, 0.6) is 11.5 Å². The maximum absolute atomic E-state index is 12.3. The molecule has 3 aromatic rings. The fourth-order valence-corrected chi connectivity index (χ4v) is 2.80. The summed E-state index contributed by atoms with van der Waals surface area (Å²) in [6.45, 7) is 2.43. The van der Waals surface area contributed by atoms with Crippen LogP contribution >= 0.6 is 0 Å². The Bertz CT molecular complexity index is 1040. The van der Waals surface area contributed by atoms with Crippen LogP contribution in [-0.4, -0.2) is 21.3 Å². The Kier molecular flexibility index (Phi) is 2.94. The van der Waals surface area contributed by atoms with Crippen LogP contribution in [0.2, 0.25) is 0 Å². The SMILES string of the molecule is CCn1c(=O)[nH]c(=O)c2c(-c3ccc4c(c3)OCO4)ccnc21. The van der Waals surface area contributed by atoms with Crippen LogP contribution in [-0.2, 0) is 6.54 Å². The first kappa shape index (κ1) is 13.6. The number of hydrogen-bond acceptors (Lipinski definition) is 5. The summed E-state index contributed by atoms with van der Waals surface area (Å²) in [6.07, 6.45) is 1.59. The number of H-pyrrole nitrogens is 1. The van der Waals surface area contributed by atoms with E-state index < -0.39 is 11.2 Å². The van der Waals surface area contributed by atoms with Crippen molar-refractivity contribution in [1.29, 1.82) is 0 Å². The Hall–Kier alpha value is -3.09. The van der Waals surface area contributed by atoms with Gasteiger partial charge >= 0.3 is 5.69 Å². The number of benzene rings is 1. The van der Waals surface area contributed by atoms with Gasteiger partial charge in [-0.25, -0.2) is 9.78 Å². The lowest BCUT2D eigenvalue weighted by atomic mass is 10.0. The Morgan fingerprint density at radius 1 is 1.22 bits per heavy atom. The van der Waals surface area contributed by atoms with Crippen molar-refractivity contribution in [2.75, 3.05) is 6.79 Å². The first-order valence-corrected chi connectivity index (χ1v) is 7.21. The maximum atomic E-state index is 12.3. The van der Waals surface area contributed by atoms with E-state index in [-0.39, 0.29) is 6.79 Å². The molecule has 1 aliphatic heterocycles. The molecule has 23 heavy (non-hydrogen) atoms. The third-order valence-electron chi connectivity index (χ3n) is 3.88. The molecule has 1 aromatic carbocycles. The number of rotatable bonds is 2. The molecular weight excluding hydrogens is 298 g/mol. The zero-order valence-corrected chi connectivity index (χ0v) is 12.3. The zero-order chi connectivity index (χ0) is 16.0. The predicted molar refractivity (Wildman–Crippen MR) is 83.9 cm³/mol. The molecule has 0 fully saturated rings. The number of hydrogen-bond donors (Lipinski definition) is 1. The van der Waals surface area contributed by atoms with E-state index in [1.165, 1.54) is 4.57 Å². The first-order chi connectivity index (χ1) is 11.2. The zero-order valence-electron chi connectivity index (χ0n) is 12.3. The summed E-state index contributed by atoms with van der Waals surface area (Å²) in [5.74, 6) is 1.30. The van der Waals surface area contributed by atoms with E-state index in [4.69, 9.17) is 9.47 Å². The second kappa shape index (κ2) is 4.98. The minimum atomic E-state index is -0.458. The Morgan fingerprint density at radius 3 is 2.87 bits per heavy atom. The van der Waals surface area contributed by atoms with Gasteiger partial charge in [0.1, 0.15) is 5.65 Å². The molecule has 0 radical (unpaired) electrons. The average Bonchev–Trinajstić information content (AvgIpc) is 3.02. The van der Waals surface area contributed by atoms with Crippen molar-refractivity contribution in [2.45, 2.75) is 13.5 Å². The number of fused-ring (bicyclic) bond motifs is 2. The molecule has 1 aliphatic rings. The first-order valence-electron chi connectivity index (χ1n) is 7.21. The number of aromatic nitrogens is 3. The van der Waals surface area contributed by atoms with Gasteiger partial charge < -0.3 is 9.47 Å². The van der Waals surface area contributed by atoms with Crippen LogP contribution in [0, 0.1) is 0 Å². The van der Waals surface area contributed by atoms with Crippen LogP contribution in [0.4, 0.5) is 0 Å². The number of nitrogens with zero attached hydrogens (tertiary/aromatic N) is 2. The Labute approximate surface area is 130 Å². The van der Waals surface area contributed by atoms with E-state index in [2.05, 4.69) is 9.97 Å². The molecule has 0 atom stereocenters. The number of aromatic amines is 1. The highest BCUT2D eigenvalue weighted by molar-refractivity contribution is 5.92. The normalized spacial score (nSPS) is 12.7. The predicted octanol–water partition coefficient (Wildman–Crippen LogP) is 1.50. The van der Waals surface area contributed by atoms with Gasteiger partial charge in [-0.05, 0) is 36.2 Å². The van der Waals surface area contributed by atoms with Crippen LogP contribution in [0.15, 0.2) is 40.1 Å². The summed E-state index contributed by atoms with van der Waals surface area (Å²) in [6, 6.07) is 7.22. The van der Waals surface area contributed by atoms with Gasteiger partial charge in [0.05, 0.1) is 5.39 Å². The van der Waals surface area contributed by atoms with Crippen molar-refractivity contribution in [2.24, 2.45) is 0 Å². The number of aryl methyl sites for hydroxylation is 1. The Balaban J connectivity index is 2.05. The molecule has 2 aromatic heterocycles. The van der Waals surface area contributed by atoms with E-state index in [0.29, 0.717) is 34.6 Å². The lowest BCUT2D eigenvalue weighted by Gasteiger charge is -2.10. The summed E-state index contributed by atoms with van der Waals surface area (Å²) in [5.41, 5.74) is 0.956. The fourth-order valence-electron chi connectivity index (χ4n) is 2.80. The molecule has 0 saturated carbocycles. The van der Waals surface area contributed by atoms with Gasteiger partial charge in [-0.15, -0.1) is 0 Å². The summed E-state index contributed by atoms with van der Waals surface area (Å²) < 4.78 is 12.1. The van der Waals surface area contributed by atoms with E-state index in [9.17, 15) is 9.59 Å². The molecule has 0 spiro atoms. The molecule has 7 heteroatoms. The highest BCUT2D eigenvalue weighted by Gasteiger charge is 2.17. The van der Waals surface area contributed by atoms with E-state index in [1.807, 2.05) is 19.1 Å². The monoisotopic (exact) mass is 311 g/mol. The number of pyridine rings is 1. The standard InChI is InChI=1S/C16H13N3O4/c1-2-19-14-13(15(20)18-16(19)21)10(5-6-17-14)9-3-4-11-12(7-9)23-8-22-11/h3-7H,2,8H2,1H3,(H,18,20,21). The minimum Gasteiger partial charge on any atom is -0.454 e. The van der Waals surface area contributed by atoms with Gasteiger partial charge in [0.15, 0.2) is 11.5 Å². The summed E-state index contributed by atoms with van der Waals surface area (Å²) in [5, 5.41) is 0.382. The van der Waals surface area contributed by atoms with Crippen molar-refractivity contribution in [3.05, 3.63) is 51.3 Å². The molecule has 0 bridgehead atoms. The average molecular weight is 311 g/mol. The molecule has 0 unspecified atom stereocenters. The smallest absolute Gasteiger partial charge is 0.329 e. The Morgan fingerprint density at radius 2 is 2.04 bits per heavy atom. The van der Waals surface area contributed by atoms with Crippen molar-refractivity contribution < 1.29 is 9.47 Å². The third kappa shape index (κ3) is 2.01. The minimum absolute atomic E-state index is 0.186. The van der Waals surface area contributed by atoms with Gasteiger partial charge in [0.2, 0.25) is 6.79 Å². The molecule has 116 valence electrons. The summed E-state index contributed by atoms with van der Waals surface area (Å²) >= 11 is 0. The largest absolute Gasteiger partial charge is 0.454 e. The summed E-state index contributed by atoms with van der Waals surface area (Å²) in [7, 11) is 0. The molecule has 3 heterocycles. The molecule has 1 N–H and O–H groups in total. The van der Waals surface area contributed by atoms with Crippen molar-refractivity contribution in [3.8, 4) is 22.6 Å². The van der Waals surface area contributed by atoms with E-state index >= 15 is 0 Å². The van der Waals surface area contributed by atoms with Crippen LogP contribution in [0.3, 0.4) is 0 Å². The highest BCUT2D eigenvalue weighted by atomic mass is 16.7. The second-order valence-electron chi connectivity index (χ2n) is 5.13. The van der Waals surface area contributed by atoms with Crippen LogP contribution < -0.4 is 20.7 Å². The third-order valence-corrected chi connectivity index (χ3v) is 3.88. The molecular formula is C16H13N3O4. The summed E-state index contributed by atoms with van der Waals surface area (Å²) in [4.78, 5) is 30.8. The lowest BCUT2D eigenvalue weighted by molar-refractivity contribution is 0.174. The van der Waals surface area contributed by atoms with E-state index in [1.54, 1.807) is 18.3 Å². The molecule has 0 saturated heterocycles. The number of ether oxygens (including phenoxy) is 2.